The summed E-state index contributed by atoms with van der Waals surface area (Å²) in [7, 11) is 0. The first kappa shape index (κ1) is 15.8. The number of carbonyl (C=O) groups is 2. The molecule has 1 aromatic carbocycles. The summed E-state index contributed by atoms with van der Waals surface area (Å²) >= 11 is 6.11. The van der Waals surface area contributed by atoms with Crippen LogP contribution in [-0.4, -0.2) is 40.6 Å². The highest BCUT2D eigenvalue weighted by Crippen LogP contribution is 2.23. The van der Waals surface area contributed by atoms with Crippen LogP contribution in [0.25, 0.3) is 0 Å². The second kappa shape index (κ2) is 6.91. The van der Waals surface area contributed by atoms with Crippen molar-refractivity contribution in [1.29, 1.82) is 0 Å². The number of hydrogen-bond acceptors (Lipinski definition) is 3. The summed E-state index contributed by atoms with van der Waals surface area (Å²) in [6.07, 6.45) is -0.740. The lowest BCUT2D eigenvalue weighted by Gasteiger charge is -2.24. The van der Waals surface area contributed by atoms with Gasteiger partial charge in [-0.05, 0) is 31.4 Å². The first-order chi connectivity index (χ1) is 10.0. The summed E-state index contributed by atoms with van der Waals surface area (Å²) in [5.41, 5.74) is 0.863. The normalized spacial score (nSPS) is 21.2. The molecule has 1 aliphatic heterocycles. The van der Waals surface area contributed by atoms with Crippen molar-refractivity contribution >= 4 is 23.5 Å². The summed E-state index contributed by atoms with van der Waals surface area (Å²) in [6, 6.07) is 7.35. The molecule has 0 spiro atoms. The van der Waals surface area contributed by atoms with E-state index in [1.165, 1.54) is 0 Å². The van der Waals surface area contributed by atoms with Gasteiger partial charge in [0.1, 0.15) is 6.10 Å². The lowest BCUT2D eigenvalue weighted by Crippen LogP contribution is -2.39. The van der Waals surface area contributed by atoms with Gasteiger partial charge in [-0.3, -0.25) is 4.79 Å². The van der Waals surface area contributed by atoms with Crippen LogP contribution in [0.5, 0.6) is 0 Å². The molecule has 6 heteroatoms. The van der Waals surface area contributed by atoms with Gasteiger partial charge in [0.05, 0.1) is 0 Å². The zero-order valence-corrected chi connectivity index (χ0v) is 12.5. The predicted molar refractivity (Wildman–Crippen MR) is 78.1 cm³/mol. The Labute approximate surface area is 128 Å². The molecule has 114 valence electrons. The van der Waals surface area contributed by atoms with Gasteiger partial charge in [-0.15, -0.1) is 0 Å². The first-order valence-corrected chi connectivity index (χ1v) is 7.31. The van der Waals surface area contributed by atoms with Crippen LogP contribution < -0.4 is 0 Å². The number of aliphatic carboxylic acids is 1. The highest BCUT2D eigenvalue weighted by molar-refractivity contribution is 6.31. The molecule has 1 amide bonds. The van der Waals surface area contributed by atoms with Crippen LogP contribution in [0.4, 0.5) is 0 Å². The molecule has 1 N–H and O–H groups in total. The van der Waals surface area contributed by atoms with E-state index >= 15 is 0 Å². The van der Waals surface area contributed by atoms with Crippen molar-refractivity contribution in [2.75, 3.05) is 6.54 Å². The van der Waals surface area contributed by atoms with Crippen LogP contribution in [0.2, 0.25) is 5.02 Å². The molecule has 1 fully saturated rings. The number of nitrogens with zero attached hydrogens (tertiary/aromatic N) is 1. The molecular formula is C15H18ClNO4. The highest BCUT2D eigenvalue weighted by atomic mass is 35.5. The number of halogens is 1. The SMILES string of the molecule is CCN(Cc1ccccc1Cl)C(=O)C1CCC(C(=O)O)O1. The molecule has 1 aromatic rings. The number of carboxylic acid groups (broad SMARTS) is 1. The molecular weight excluding hydrogens is 294 g/mol. The Morgan fingerprint density at radius 3 is 2.57 bits per heavy atom. The van der Waals surface area contributed by atoms with Gasteiger partial charge in [0, 0.05) is 18.1 Å². The third-order valence-electron chi connectivity index (χ3n) is 3.58. The van der Waals surface area contributed by atoms with E-state index in [9.17, 15) is 9.59 Å². The maximum Gasteiger partial charge on any atom is 0.332 e. The maximum atomic E-state index is 12.4. The molecule has 2 rings (SSSR count). The molecule has 2 unspecified atom stereocenters. The quantitative estimate of drug-likeness (QED) is 0.906. The Morgan fingerprint density at radius 1 is 1.33 bits per heavy atom. The van der Waals surface area contributed by atoms with E-state index in [2.05, 4.69) is 0 Å². The maximum absolute atomic E-state index is 12.4. The number of carbonyl (C=O) groups excluding carboxylic acids is 1. The molecule has 2 atom stereocenters. The molecule has 21 heavy (non-hydrogen) atoms. The lowest BCUT2D eigenvalue weighted by molar-refractivity contribution is -0.155. The van der Waals surface area contributed by atoms with E-state index in [4.69, 9.17) is 21.4 Å². The fourth-order valence-electron chi connectivity index (χ4n) is 2.38. The van der Waals surface area contributed by atoms with Gasteiger partial charge in [0.2, 0.25) is 0 Å². The molecule has 5 nitrogen and oxygen atoms in total. The second-order valence-corrected chi connectivity index (χ2v) is 5.38. The minimum absolute atomic E-state index is 0.179. The highest BCUT2D eigenvalue weighted by Gasteiger charge is 2.36. The Hall–Kier alpha value is -1.59. The average Bonchev–Trinajstić information content (AvgIpc) is 2.96. The number of benzene rings is 1. The number of amides is 1. The summed E-state index contributed by atoms with van der Waals surface area (Å²) in [5, 5.41) is 9.52. The van der Waals surface area contributed by atoms with Gasteiger partial charge in [-0.25, -0.2) is 4.79 Å². The van der Waals surface area contributed by atoms with Crippen LogP contribution in [0.15, 0.2) is 24.3 Å². The van der Waals surface area contributed by atoms with Crippen molar-refractivity contribution in [3.05, 3.63) is 34.9 Å². The number of carboxylic acids is 1. The van der Waals surface area contributed by atoms with Crippen molar-refractivity contribution in [2.24, 2.45) is 0 Å². The standard InChI is InChI=1S/C15H18ClNO4/c1-2-17(9-10-5-3-4-6-11(10)16)14(18)12-7-8-13(21-12)15(19)20/h3-6,12-13H,2,7-9H2,1H3,(H,19,20). The molecule has 1 heterocycles. The number of rotatable bonds is 5. The van der Waals surface area contributed by atoms with Crippen molar-refractivity contribution in [2.45, 2.75) is 38.5 Å². The van der Waals surface area contributed by atoms with E-state index in [-0.39, 0.29) is 5.91 Å². The fourth-order valence-corrected chi connectivity index (χ4v) is 2.58. The van der Waals surface area contributed by atoms with Gasteiger partial charge in [0.15, 0.2) is 6.10 Å². The van der Waals surface area contributed by atoms with Crippen LogP contribution >= 0.6 is 11.6 Å². The summed E-state index contributed by atoms with van der Waals surface area (Å²) in [5.74, 6) is -1.19. The monoisotopic (exact) mass is 311 g/mol. The van der Waals surface area contributed by atoms with Gasteiger partial charge < -0.3 is 14.7 Å². The molecule has 1 saturated heterocycles. The van der Waals surface area contributed by atoms with Crippen molar-refractivity contribution in [1.82, 2.24) is 4.90 Å². The van der Waals surface area contributed by atoms with Crippen molar-refractivity contribution in [3.63, 3.8) is 0 Å². The smallest absolute Gasteiger partial charge is 0.332 e. The summed E-state index contributed by atoms with van der Waals surface area (Å²) in [4.78, 5) is 24.9. The average molecular weight is 312 g/mol. The van der Waals surface area contributed by atoms with Crippen molar-refractivity contribution in [3.8, 4) is 0 Å². The Kier molecular flexibility index (Phi) is 5.20. The van der Waals surface area contributed by atoms with Crippen LogP contribution in [0.1, 0.15) is 25.3 Å². The van der Waals surface area contributed by atoms with Gasteiger partial charge in [0.25, 0.3) is 5.91 Å². The molecule has 0 aliphatic carbocycles. The van der Waals surface area contributed by atoms with E-state index in [1.807, 2.05) is 25.1 Å². The van der Waals surface area contributed by atoms with E-state index in [0.29, 0.717) is 31.0 Å². The fraction of sp³-hybridized carbons (Fsp3) is 0.467. The van der Waals surface area contributed by atoms with Crippen LogP contribution in [-0.2, 0) is 20.9 Å². The Balaban J connectivity index is 2.03. The van der Waals surface area contributed by atoms with Crippen molar-refractivity contribution < 1.29 is 19.4 Å². The number of likely N-dealkylation sites (N-methyl/N-ethyl adjacent to an activating group) is 1. The van der Waals surface area contributed by atoms with Gasteiger partial charge >= 0.3 is 5.97 Å². The van der Waals surface area contributed by atoms with Crippen LogP contribution in [0, 0.1) is 0 Å². The zero-order valence-electron chi connectivity index (χ0n) is 11.8. The largest absolute Gasteiger partial charge is 0.479 e. The van der Waals surface area contributed by atoms with Gasteiger partial charge in [-0.2, -0.15) is 0 Å². The summed E-state index contributed by atoms with van der Waals surface area (Å²) < 4.78 is 5.31. The third-order valence-corrected chi connectivity index (χ3v) is 3.95. The molecule has 0 saturated carbocycles. The second-order valence-electron chi connectivity index (χ2n) is 4.97. The molecule has 0 bridgehead atoms. The Bertz CT molecular complexity index is 534. The third kappa shape index (κ3) is 3.74. The number of ether oxygens (including phenoxy) is 1. The Morgan fingerprint density at radius 2 is 2.00 bits per heavy atom. The zero-order chi connectivity index (χ0) is 15.4. The first-order valence-electron chi connectivity index (χ1n) is 6.93. The molecule has 0 radical (unpaired) electrons. The van der Waals surface area contributed by atoms with E-state index < -0.39 is 18.2 Å². The topological polar surface area (TPSA) is 66.8 Å². The lowest BCUT2D eigenvalue weighted by atomic mass is 10.1. The van der Waals surface area contributed by atoms with E-state index in [1.54, 1.807) is 11.0 Å². The van der Waals surface area contributed by atoms with Gasteiger partial charge in [-0.1, -0.05) is 29.8 Å². The minimum Gasteiger partial charge on any atom is -0.479 e. The molecule has 0 aromatic heterocycles. The minimum atomic E-state index is -1.01. The van der Waals surface area contributed by atoms with Crippen LogP contribution in [0.3, 0.4) is 0 Å². The summed E-state index contributed by atoms with van der Waals surface area (Å²) in [6.45, 7) is 2.78. The van der Waals surface area contributed by atoms with E-state index in [0.717, 1.165) is 5.56 Å². The predicted octanol–water partition coefficient (Wildman–Crippen LogP) is 2.32. The number of hydrogen-bond donors (Lipinski definition) is 1. The molecule has 1 aliphatic rings.